The lowest BCUT2D eigenvalue weighted by atomic mass is 10.1. The number of anilines is 1. The third-order valence-corrected chi connectivity index (χ3v) is 4.04. The Labute approximate surface area is 149 Å². The molecule has 2 aromatic heterocycles. The number of rotatable bonds is 4. The Morgan fingerprint density at radius 2 is 1.81 bits per heavy atom. The van der Waals surface area contributed by atoms with Crippen molar-refractivity contribution in [2.24, 2.45) is 0 Å². The number of para-hydroxylation sites is 2. The first-order valence-electron chi connectivity index (χ1n) is 8.12. The number of aromatic nitrogens is 3. The van der Waals surface area contributed by atoms with Crippen molar-refractivity contribution >= 4 is 22.6 Å². The largest absolute Gasteiger partial charge is 0.324 e. The van der Waals surface area contributed by atoms with Gasteiger partial charge in [-0.1, -0.05) is 30.3 Å². The lowest BCUT2D eigenvalue weighted by Gasteiger charge is -2.07. The molecule has 0 unspecified atom stereocenters. The summed E-state index contributed by atoms with van der Waals surface area (Å²) in [6, 6.07) is 17.6. The fourth-order valence-corrected chi connectivity index (χ4v) is 2.76. The van der Waals surface area contributed by atoms with Crippen molar-refractivity contribution in [3.05, 3.63) is 84.6 Å². The number of pyridine rings is 1. The Morgan fingerprint density at radius 3 is 2.62 bits per heavy atom. The van der Waals surface area contributed by atoms with E-state index in [1.54, 1.807) is 42.9 Å². The second-order valence-electron chi connectivity index (χ2n) is 5.82. The molecule has 128 valence electrons. The van der Waals surface area contributed by atoms with Crippen LogP contribution in [0.1, 0.15) is 5.56 Å². The van der Waals surface area contributed by atoms with Crippen LogP contribution in [0.4, 0.5) is 10.1 Å². The molecule has 0 aliphatic heterocycles. The first kappa shape index (κ1) is 16.0. The number of amides is 1. The normalized spacial score (nSPS) is 10.8. The van der Waals surface area contributed by atoms with Crippen LogP contribution < -0.4 is 5.32 Å². The van der Waals surface area contributed by atoms with Crippen molar-refractivity contribution in [3.63, 3.8) is 0 Å². The third-order valence-electron chi connectivity index (χ3n) is 4.04. The van der Waals surface area contributed by atoms with E-state index in [-0.39, 0.29) is 18.1 Å². The Bertz CT molecular complexity index is 1070. The summed E-state index contributed by atoms with van der Waals surface area (Å²) in [6.45, 7) is 0. The average molecular weight is 346 g/mol. The van der Waals surface area contributed by atoms with Crippen molar-refractivity contribution in [1.82, 2.24) is 14.5 Å². The molecule has 0 aliphatic carbocycles. The van der Waals surface area contributed by atoms with Crippen LogP contribution in [0.5, 0.6) is 0 Å². The average Bonchev–Trinajstić information content (AvgIpc) is 3.08. The lowest BCUT2D eigenvalue weighted by Crippen LogP contribution is -2.15. The third kappa shape index (κ3) is 3.17. The van der Waals surface area contributed by atoms with Crippen molar-refractivity contribution in [1.29, 1.82) is 0 Å². The first-order valence-corrected chi connectivity index (χ1v) is 8.12. The monoisotopic (exact) mass is 346 g/mol. The zero-order chi connectivity index (χ0) is 17.9. The number of carbonyl (C=O) groups is 1. The van der Waals surface area contributed by atoms with E-state index in [0.29, 0.717) is 17.1 Å². The molecule has 0 atom stereocenters. The number of hydrogen-bond acceptors (Lipinski definition) is 3. The molecule has 0 saturated heterocycles. The van der Waals surface area contributed by atoms with Gasteiger partial charge >= 0.3 is 0 Å². The van der Waals surface area contributed by atoms with Crippen LogP contribution >= 0.6 is 0 Å². The van der Waals surface area contributed by atoms with Crippen LogP contribution in [0.15, 0.2) is 73.2 Å². The number of carbonyl (C=O) groups excluding carboxylic acids is 1. The van der Waals surface area contributed by atoms with Crippen molar-refractivity contribution in [2.45, 2.75) is 6.42 Å². The number of nitrogens with one attached hydrogen (secondary N) is 1. The van der Waals surface area contributed by atoms with E-state index in [0.717, 1.165) is 11.0 Å². The van der Waals surface area contributed by atoms with E-state index in [2.05, 4.69) is 15.3 Å². The fraction of sp³-hybridized carbons (Fsp3) is 0.0500. The molecule has 1 amide bonds. The molecule has 4 rings (SSSR count). The second kappa shape index (κ2) is 6.76. The van der Waals surface area contributed by atoms with Gasteiger partial charge in [0.05, 0.1) is 29.3 Å². The highest BCUT2D eigenvalue weighted by molar-refractivity contribution is 5.92. The Morgan fingerprint density at radius 1 is 1.00 bits per heavy atom. The quantitative estimate of drug-likeness (QED) is 0.612. The van der Waals surface area contributed by atoms with Crippen molar-refractivity contribution < 1.29 is 9.18 Å². The predicted octanol–water partition coefficient (Wildman–Crippen LogP) is 3.74. The molecule has 4 aromatic rings. The van der Waals surface area contributed by atoms with Gasteiger partial charge in [0.15, 0.2) is 0 Å². The highest BCUT2D eigenvalue weighted by Gasteiger charge is 2.09. The molecule has 0 radical (unpaired) electrons. The number of benzene rings is 2. The molecular formula is C20H15FN4O. The molecule has 26 heavy (non-hydrogen) atoms. The molecule has 0 fully saturated rings. The van der Waals surface area contributed by atoms with Crippen LogP contribution in [-0.2, 0) is 11.2 Å². The van der Waals surface area contributed by atoms with E-state index >= 15 is 0 Å². The summed E-state index contributed by atoms with van der Waals surface area (Å²) in [5.74, 6) is 0.0200. The minimum atomic E-state index is -0.386. The highest BCUT2D eigenvalue weighted by atomic mass is 19.1. The number of nitrogens with zero attached hydrogens (tertiary/aromatic N) is 3. The maximum atomic E-state index is 13.6. The molecule has 6 heteroatoms. The van der Waals surface area contributed by atoms with Gasteiger partial charge in [0.25, 0.3) is 0 Å². The van der Waals surface area contributed by atoms with Crippen LogP contribution in [0.3, 0.4) is 0 Å². The van der Waals surface area contributed by atoms with Crippen LogP contribution in [0.2, 0.25) is 0 Å². The number of imidazole rings is 1. The standard InChI is InChI=1S/C20H15FN4O/c21-16-6-2-1-5-14(16)11-20(26)24-15-9-10-19(22-12-15)25-13-23-17-7-3-4-8-18(17)25/h1-10,12-13H,11H2,(H,24,26). The maximum absolute atomic E-state index is 13.6. The molecule has 0 aliphatic rings. The van der Waals surface area contributed by atoms with Gasteiger partial charge < -0.3 is 5.32 Å². The summed E-state index contributed by atoms with van der Waals surface area (Å²) in [5, 5.41) is 2.73. The molecule has 5 nitrogen and oxygen atoms in total. The van der Waals surface area contributed by atoms with Gasteiger partial charge in [-0.3, -0.25) is 9.36 Å². The van der Waals surface area contributed by atoms with E-state index in [9.17, 15) is 9.18 Å². The van der Waals surface area contributed by atoms with Crippen LogP contribution in [0.25, 0.3) is 16.9 Å². The topological polar surface area (TPSA) is 59.8 Å². The predicted molar refractivity (Wildman–Crippen MR) is 97.6 cm³/mol. The fourth-order valence-electron chi connectivity index (χ4n) is 2.76. The van der Waals surface area contributed by atoms with Crippen LogP contribution in [-0.4, -0.2) is 20.4 Å². The number of hydrogen-bond donors (Lipinski definition) is 1. The first-order chi connectivity index (χ1) is 12.7. The summed E-state index contributed by atoms with van der Waals surface area (Å²) in [6.07, 6.45) is 3.26. The summed E-state index contributed by atoms with van der Waals surface area (Å²) in [5.41, 5.74) is 2.76. The zero-order valence-corrected chi connectivity index (χ0v) is 13.8. The molecule has 0 bridgehead atoms. The molecule has 0 spiro atoms. The zero-order valence-electron chi connectivity index (χ0n) is 13.8. The SMILES string of the molecule is O=C(Cc1ccccc1F)Nc1ccc(-n2cnc3ccccc32)nc1. The Kier molecular flexibility index (Phi) is 4.15. The minimum absolute atomic E-state index is 0.0272. The van der Waals surface area contributed by atoms with Gasteiger partial charge in [0.1, 0.15) is 18.0 Å². The molecule has 1 N–H and O–H groups in total. The molecule has 0 saturated carbocycles. The lowest BCUT2D eigenvalue weighted by molar-refractivity contribution is -0.115. The molecular weight excluding hydrogens is 331 g/mol. The van der Waals surface area contributed by atoms with Gasteiger partial charge in [-0.15, -0.1) is 0 Å². The highest BCUT2D eigenvalue weighted by Crippen LogP contribution is 2.17. The summed E-state index contributed by atoms with van der Waals surface area (Å²) < 4.78 is 15.5. The van der Waals surface area contributed by atoms with Gasteiger partial charge in [-0.05, 0) is 35.9 Å². The van der Waals surface area contributed by atoms with Gasteiger partial charge in [0, 0.05) is 0 Å². The van der Waals surface area contributed by atoms with Gasteiger partial charge in [-0.25, -0.2) is 14.4 Å². The van der Waals surface area contributed by atoms with E-state index in [1.807, 2.05) is 28.8 Å². The molecule has 2 heterocycles. The summed E-state index contributed by atoms with van der Waals surface area (Å²) in [4.78, 5) is 20.8. The number of halogens is 1. The summed E-state index contributed by atoms with van der Waals surface area (Å²) >= 11 is 0. The van der Waals surface area contributed by atoms with Gasteiger partial charge in [-0.2, -0.15) is 0 Å². The van der Waals surface area contributed by atoms with E-state index in [1.165, 1.54) is 6.07 Å². The van der Waals surface area contributed by atoms with Gasteiger partial charge in [0.2, 0.25) is 5.91 Å². The second-order valence-corrected chi connectivity index (χ2v) is 5.82. The van der Waals surface area contributed by atoms with Crippen LogP contribution in [0, 0.1) is 5.82 Å². The van der Waals surface area contributed by atoms with Crippen molar-refractivity contribution in [3.8, 4) is 5.82 Å². The Balaban J connectivity index is 1.49. The Hall–Kier alpha value is -3.54. The molecule has 2 aromatic carbocycles. The maximum Gasteiger partial charge on any atom is 0.228 e. The summed E-state index contributed by atoms with van der Waals surface area (Å²) in [7, 11) is 0. The number of fused-ring (bicyclic) bond motifs is 1. The van der Waals surface area contributed by atoms with E-state index in [4.69, 9.17) is 0 Å². The van der Waals surface area contributed by atoms with E-state index < -0.39 is 0 Å². The smallest absolute Gasteiger partial charge is 0.228 e. The minimum Gasteiger partial charge on any atom is -0.324 e. The van der Waals surface area contributed by atoms with Crippen molar-refractivity contribution in [2.75, 3.05) is 5.32 Å².